The number of Topliss-reactive ketones (excluding diaryl/α,β-unsaturated/α-hetero) is 1. The molecule has 1 amide bonds. The van der Waals surface area contributed by atoms with Crippen LogP contribution < -0.4 is 45.1 Å². The minimum Gasteiger partial charge on any atom is -0.546 e. The number of primary amides is 1. The van der Waals surface area contributed by atoms with Crippen molar-refractivity contribution >= 4 is 28.6 Å². The quantitative estimate of drug-likeness (QED) is 0.269. The second kappa shape index (κ2) is 9.93. The number of rotatable bonds is 8. The molecule has 0 spiro atoms. The number of hydrogen-bond donors (Lipinski definition) is 1. The molecule has 0 atom stereocenters. The third-order valence-electron chi connectivity index (χ3n) is 4.70. The summed E-state index contributed by atoms with van der Waals surface area (Å²) >= 11 is 0. The molecule has 0 aliphatic carbocycles. The predicted molar refractivity (Wildman–Crippen MR) is 106 cm³/mol. The fourth-order valence-corrected chi connectivity index (χ4v) is 3.56. The second-order valence-corrected chi connectivity index (χ2v) is 6.76. The zero-order valence-electron chi connectivity index (χ0n) is 17.2. The molecule has 1 aromatic heterocycles. The molecule has 0 saturated carbocycles. The van der Waals surface area contributed by atoms with E-state index in [0.29, 0.717) is 29.6 Å². The van der Waals surface area contributed by atoms with Gasteiger partial charge in [-0.05, 0) is 36.6 Å². The molecule has 150 valence electrons. The van der Waals surface area contributed by atoms with Crippen LogP contribution in [0.3, 0.4) is 0 Å². The number of aliphatic carboxylic acids is 1. The number of ether oxygens (including phenoxy) is 1. The fraction of sp³-hybridized carbons (Fsp3) is 0.227. The first-order chi connectivity index (χ1) is 13.8. The summed E-state index contributed by atoms with van der Waals surface area (Å²) in [5.41, 5.74) is 8.59. The van der Waals surface area contributed by atoms with Crippen LogP contribution in [0.1, 0.15) is 34.1 Å². The van der Waals surface area contributed by atoms with E-state index in [-0.39, 0.29) is 40.9 Å². The molecule has 8 heteroatoms. The molecule has 0 saturated heterocycles. The van der Waals surface area contributed by atoms with Gasteiger partial charge < -0.3 is 24.9 Å². The van der Waals surface area contributed by atoms with Gasteiger partial charge >= 0.3 is 29.6 Å². The molecular formula is C22H21N2NaO5. The normalized spacial score (nSPS) is 10.5. The molecule has 2 N–H and O–H groups in total. The molecule has 0 bridgehead atoms. The van der Waals surface area contributed by atoms with Gasteiger partial charge in [-0.25, -0.2) is 0 Å². The van der Waals surface area contributed by atoms with Crippen LogP contribution in [-0.4, -0.2) is 28.8 Å². The molecule has 0 radical (unpaired) electrons. The number of nitrogens with two attached hydrogens (primary N) is 1. The van der Waals surface area contributed by atoms with Crippen molar-refractivity contribution < 1.29 is 53.8 Å². The Balaban J connectivity index is 0.00000320. The van der Waals surface area contributed by atoms with Crippen molar-refractivity contribution in [3.8, 4) is 5.75 Å². The molecule has 3 rings (SSSR count). The van der Waals surface area contributed by atoms with Gasteiger partial charge in [0.15, 0.2) is 0 Å². The van der Waals surface area contributed by atoms with Crippen molar-refractivity contribution in [2.75, 3.05) is 6.61 Å². The monoisotopic (exact) mass is 416 g/mol. The van der Waals surface area contributed by atoms with Crippen molar-refractivity contribution in [2.24, 2.45) is 5.73 Å². The molecule has 30 heavy (non-hydrogen) atoms. The maximum absolute atomic E-state index is 12.7. The van der Waals surface area contributed by atoms with Crippen LogP contribution in [0.4, 0.5) is 0 Å². The van der Waals surface area contributed by atoms with E-state index in [1.807, 2.05) is 54.8 Å². The van der Waals surface area contributed by atoms with E-state index in [9.17, 15) is 19.5 Å². The van der Waals surface area contributed by atoms with Crippen LogP contribution in [0.15, 0.2) is 42.5 Å². The third kappa shape index (κ3) is 4.75. The maximum atomic E-state index is 12.7. The summed E-state index contributed by atoms with van der Waals surface area (Å²) in [6.45, 7) is 3.51. The van der Waals surface area contributed by atoms with Gasteiger partial charge in [0.05, 0.1) is 22.4 Å². The molecule has 0 aliphatic rings. The van der Waals surface area contributed by atoms with E-state index in [1.54, 1.807) is 6.07 Å². The van der Waals surface area contributed by atoms with E-state index in [4.69, 9.17) is 10.5 Å². The average Bonchev–Trinajstić information content (AvgIpc) is 2.99. The first kappa shape index (κ1) is 23.7. The number of ketones is 1. The van der Waals surface area contributed by atoms with Crippen LogP contribution >= 0.6 is 0 Å². The molecule has 0 fully saturated rings. The van der Waals surface area contributed by atoms with Gasteiger partial charge in [0.1, 0.15) is 12.4 Å². The summed E-state index contributed by atoms with van der Waals surface area (Å²) in [5, 5.41) is 11.3. The Labute approximate surface area is 196 Å². The topological polar surface area (TPSA) is 114 Å². The number of carbonyl (C=O) groups excluding carboxylic acids is 3. The number of aryl methyl sites for hydroxylation is 1. The van der Waals surface area contributed by atoms with Crippen molar-refractivity contribution in [3.63, 3.8) is 0 Å². The molecular weight excluding hydrogens is 395 g/mol. The molecule has 1 heterocycles. The largest absolute Gasteiger partial charge is 1.00 e. The Hall–Kier alpha value is -2.61. The standard InChI is InChI=1S/C22H22N2O5.Na/c1-3-15-20(21(27)22(23)28)19-16(24(15)11-14-7-5-4-6-8-14)9-13(2)10-17(19)29-12-18(25)26;/h4-10H,3,11-12H2,1-2H3,(H2,23,28)(H,25,26);/q;+1/p-1. The van der Waals surface area contributed by atoms with Gasteiger partial charge in [0.2, 0.25) is 0 Å². The Morgan fingerprint density at radius 3 is 2.37 bits per heavy atom. The van der Waals surface area contributed by atoms with Gasteiger partial charge in [-0.15, -0.1) is 0 Å². The van der Waals surface area contributed by atoms with E-state index in [1.165, 1.54) is 0 Å². The van der Waals surface area contributed by atoms with Crippen LogP contribution in [-0.2, 0) is 22.6 Å². The third-order valence-corrected chi connectivity index (χ3v) is 4.70. The summed E-state index contributed by atoms with van der Waals surface area (Å²) in [6.07, 6.45) is 0.467. The van der Waals surface area contributed by atoms with Gasteiger partial charge in [0, 0.05) is 12.2 Å². The van der Waals surface area contributed by atoms with Crippen LogP contribution in [0.2, 0.25) is 0 Å². The van der Waals surface area contributed by atoms with Crippen LogP contribution in [0.25, 0.3) is 10.9 Å². The fourth-order valence-electron chi connectivity index (χ4n) is 3.56. The number of nitrogens with zero attached hydrogens (tertiary/aromatic N) is 1. The Morgan fingerprint density at radius 1 is 1.13 bits per heavy atom. The zero-order valence-corrected chi connectivity index (χ0v) is 19.2. The Kier molecular flexibility index (Phi) is 7.83. The summed E-state index contributed by atoms with van der Waals surface area (Å²) in [6, 6.07) is 13.2. The number of aromatic nitrogens is 1. The molecule has 0 aliphatic heterocycles. The number of amides is 1. The zero-order chi connectivity index (χ0) is 21.1. The smallest absolute Gasteiger partial charge is 0.546 e. The number of benzene rings is 2. The summed E-state index contributed by atoms with van der Waals surface area (Å²) in [7, 11) is 0. The molecule has 7 nitrogen and oxygen atoms in total. The second-order valence-electron chi connectivity index (χ2n) is 6.76. The van der Waals surface area contributed by atoms with Crippen LogP contribution in [0, 0.1) is 6.92 Å². The molecule has 2 aromatic carbocycles. The van der Waals surface area contributed by atoms with Gasteiger partial charge in [0.25, 0.3) is 11.7 Å². The Morgan fingerprint density at radius 2 is 1.80 bits per heavy atom. The first-order valence-corrected chi connectivity index (χ1v) is 9.19. The van der Waals surface area contributed by atoms with Gasteiger partial charge in [-0.1, -0.05) is 37.3 Å². The summed E-state index contributed by atoms with van der Waals surface area (Å²) in [4.78, 5) is 35.4. The van der Waals surface area contributed by atoms with E-state index >= 15 is 0 Å². The number of carbonyl (C=O) groups is 3. The molecule has 0 unspecified atom stereocenters. The van der Waals surface area contributed by atoms with Crippen LogP contribution in [0.5, 0.6) is 5.75 Å². The van der Waals surface area contributed by atoms with Gasteiger partial charge in [-0.3, -0.25) is 9.59 Å². The van der Waals surface area contributed by atoms with Crippen molar-refractivity contribution in [2.45, 2.75) is 26.8 Å². The average molecular weight is 416 g/mol. The number of carboxylic acid groups (broad SMARTS) is 1. The number of hydrogen-bond acceptors (Lipinski definition) is 5. The number of carboxylic acids is 1. The maximum Gasteiger partial charge on any atom is 1.00 e. The van der Waals surface area contributed by atoms with E-state index < -0.39 is 24.3 Å². The van der Waals surface area contributed by atoms with Gasteiger partial charge in [-0.2, -0.15) is 0 Å². The first-order valence-electron chi connectivity index (χ1n) is 9.19. The van der Waals surface area contributed by atoms with Crippen molar-refractivity contribution in [1.29, 1.82) is 0 Å². The van der Waals surface area contributed by atoms with Crippen molar-refractivity contribution in [3.05, 3.63) is 64.8 Å². The predicted octanol–water partition coefficient (Wildman–Crippen LogP) is -1.64. The summed E-state index contributed by atoms with van der Waals surface area (Å²) < 4.78 is 7.36. The minimum absolute atomic E-state index is 0. The summed E-state index contributed by atoms with van der Waals surface area (Å²) in [5.74, 6) is -3.09. The Bertz CT molecular complexity index is 1110. The van der Waals surface area contributed by atoms with E-state index in [0.717, 1.165) is 11.1 Å². The molecule has 3 aromatic rings. The van der Waals surface area contributed by atoms with E-state index in [2.05, 4.69) is 0 Å². The number of fused-ring (bicyclic) bond motifs is 1. The SMILES string of the molecule is CCc1c(C(=O)C(N)=O)c2c(OCC(=O)[O-])cc(C)cc2n1Cc1ccccc1.[Na+]. The van der Waals surface area contributed by atoms with Crippen molar-refractivity contribution in [1.82, 2.24) is 4.57 Å². The minimum atomic E-state index is -1.39.